The van der Waals surface area contributed by atoms with Crippen LogP contribution in [0.2, 0.25) is 0 Å². The molecule has 0 aliphatic carbocycles. The van der Waals surface area contributed by atoms with Gasteiger partial charge < -0.3 is 10.8 Å². The molecule has 1 fully saturated rings. The Hall–Kier alpha value is -1.02. The summed E-state index contributed by atoms with van der Waals surface area (Å²) in [6.07, 6.45) is 1.60. The molecule has 0 saturated carbocycles. The van der Waals surface area contributed by atoms with Crippen LogP contribution >= 0.6 is 12.2 Å². The van der Waals surface area contributed by atoms with E-state index in [1.165, 1.54) is 10.4 Å². The monoisotopic (exact) mass is 314 g/mol. The van der Waals surface area contributed by atoms with E-state index in [4.69, 9.17) is 18.0 Å². The third-order valence-electron chi connectivity index (χ3n) is 3.51. The van der Waals surface area contributed by atoms with Crippen LogP contribution in [0.3, 0.4) is 0 Å². The highest BCUT2D eigenvalue weighted by molar-refractivity contribution is 7.89. The van der Waals surface area contributed by atoms with E-state index in [-0.39, 0.29) is 22.4 Å². The van der Waals surface area contributed by atoms with Gasteiger partial charge in [0.05, 0.1) is 4.90 Å². The molecule has 7 heteroatoms. The number of aliphatic hydroxyl groups is 1. The third kappa shape index (κ3) is 3.01. The zero-order valence-electron chi connectivity index (χ0n) is 11.0. The Morgan fingerprint density at radius 1 is 1.45 bits per heavy atom. The highest BCUT2D eigenvalue weighted by Gasteiger charge is 2.31. The average Bonchev–Trinajstić information content (AvgIpc) is 2.47. The molecule has 1 aliphatic rings. The fourth-order valence-electron chi connectivity index (χ4n) is 2.43. The third-order valence-corrected chi connectivity index (χ3v) is 5.65. The summed E-state index contributed by atoms with van der Waals surface area (Å²) in [4.78, 5) is 0.214. The number of benzene rings is 1. The number of nitrogens with two attached hydrogens (primary N) is 1. The molecule has 0 aromatic heterocycles. The van der Waals surface area contributed by atoms with Gasteiger partial charge in [-0.3, -0.25) is 0 Å². The lowest BCUT2D eigenvalue weighted by Crippen LogP contribution is -2.41. The van der Waals surface area contributed by atoms with Gasteiger partial charge in [0.1, 0.15) is 4.99 Å². The lowest BCUT2D eigenvalue weighted by atomic mass is 10.0. The average molecular weight is 314 g/mol. The van der Waals surface area contributed by atoms with Gasteiger partial charge in [0.15, 0.2) is 0 Å². The Bertz CT molecular complexity index is 601. The minimum absolute atomic E-state index is 0.00294. The Morgan fingerprint density at radius 3 is 2.80 bits per heavy atom. The van der Waals surface area contributed by atoms with E-state index in [9.17, 15) is 13.5 Å². The van der Waals surface area contributed by atoms with E-state index in [0.29, 0.717) is 18.7 Å². The zero-order chi connectivity index (χ0) is 14.8. The molecular formula is C13H18N2O3S2. The van der Waals surface area contributed by atoms with E-state index >= 15 is 0 Å². The predicted octanol–water partition coefficient (Wildman–Crippen LogP) is 0.714. The zero-order valence-corrected chi connectivity index (χ0v) is 12.7. The maximum Gasteiger partial charge on any atom is 0.243 e. The van der Waals surface area contributed by atoms with Crippen LogP contribution in [0.5, 0.6) is 0 Å². The van der Waals surface area contributed by atoms with Gasteiger partial charge in [-0.25, -0.2) is 8.42 Å². The smallest absolute Gasteiger partial charge is 0.243 e. The Morgan fingerprint density at radius 2 is 2.15 bits per heavy atom. The highest BCUT2D eigenvalue weighted by Crippen LogP contribution is 2.25. The summed E-state index contributed by atoms with van der Waals surface area (Å²) in [5.41, 5.74) is 5.97. The van der Waals surface area contributed by atoms with Crippen molar-refractivity contribution in [1.82, 2.24) is 4.31 Å². The Balaban J connectivity index is 2.38. The first-order chi connectivity index (χ1) is 9.46. The van der Waals surface area contributed by atoms with Crippen LogP contribution in [0.4, 0.5) is 0 Å². The minimum Gasteiger partial charge on any atom is -0.396 e. The number of sulfonamides is 1. The van der Waals surface area contributed by atoms with Crippen LogP contribution in [-0.4, -0.2) is 42.5 Å². The molecule has 1 saturated heterocycles. The van der Waals surface area contributed by atoms with E-state index in [1.807, 2.05) is 0 Å². The van der Waals surface area contributed by atoms with E-state index in [2.05, 4.69) is 0 Å². The van der Waals surface area contributed by atoms with Crippen LogP contribution in [-0.2, 0) is 10.0 Å². The summed E-state index contributed by atoms with van der Waals surface area (Å²) >= 11 is 4.92. The molecule has 1 heterocycles. The van der Waals surface area contributed by atoms with E-state index < -0.39 is 10.0 Å². The second kappa shape index (κ2) is 6.17. The van der Waals surface area contributed by atoms with Gasteiger partial charge in [0.25, 0.3) is 0 Å². The second-order valence-electron chi connectivity index (χ2n) is 4.91. The van der Waals surface area contributed by atoms with Crippen molar-refractivity contribution in [2.45, 2.75) is 17.7 Å². The normalized spacial score (nSPS) is 20.8. The first-order valence-corrected chi connectivity index (χ1v) is 8.31. The van der Waals surface area contributed by atoms with Crippen molar-refractivity contribution in [3.63, 3.8) is 0 Å². The topological polar surface area (TPSA) is 83.6 Å². The van der Waals surface area contributed by atoms with Crippen LogP contribution in [0, 0.1) is 5.92 Å². The van der Waals surface area contributed by atoms with E-state index in [0.717, 1.165) is 12.8 Å². The number of hydrogen-bond acceptors (Lipinski definition) is 4. The molecule has 20 heavy (non-hydrogen) atoms. The van der Waals surface area contributed by atoms with Crippen LogP contribution in [0.25, 0.3) is 0 Å². The van der Waals surface area contributed by atoms with Gasteiger partial charge >= 0.3 is 0 Å². The first-order valence-electron chi connectivity index (χ1n) is 6.46. The molecule has 0 spiro atoms. The van der Waals surface area contributed by atoms with Gasteiger partial charge in [-0.15, -0.1) is 0 Å². The molecule has 3 N–H and O–H groups in total. The summed E-state index contributed by atoms with van der Waals surface area (Å²) in [5.74, 6) is -0.00415. The summed E-state index contributed by atoms with van der Waals surface area (Å²) in [6.45, 7) is 0.804. The quantitative estimate of drug-likeness (QED) is 0.800. The molecule has 2 rings (SSSR count). The fourth-order valence-corrected chi connectivity index (χ4v) is 4.43. The SMILES string of the molecule is NC(=S)c1ccccc1S(=O)(=O)N1CCCC(CO)C1. The molecular weight excluding hydrogens is 296 g/mol. The summed E-state index contributed by atoms with van der Waals surface area (Å²) in [7, 11) is -3.63. The van der Waals surface area contributed by atoms with Gasteiger partial charge in [-0.05, 0) is 24.8 Å². The number of hydrogen-bond donors (Lipinski definition) is 2. The first kappa shape index (κ1) is 15.4. The minimum atomic E-state index is -3.63. The van der Waals surface area contributed by atoms with Crippen LogP contribution in [0.15, 0.2) is 29.2 Å². The van der Waals surface area contributed by atoms with Crippen molar-refractivity contribution in [3.05, 3.63) is 29.8 Å². The van der Waals surface area contributed by atoms with Gasteiger partial charge in [-0.2, -0.15) is 4.31 Å². The summed E-state index contributed by atoms with van der Waals surface area (Å²) in [6, 6.07) is 6.50. The number of rotatable bonds is 4. The maximum absolute atomic E-state index is 12.7. The van der Waals surface area contributed by atoms with Crippen molar-refractivity contribution in [3.8, 4) is 0 Å². The largest absolute Gasteiger partial charge is 0.396 e. The number of piperidine rings is 1. The van der Waals surface area contributed by atoms with Crippen LogP contribution < -0.4 is 5.73 Å². The van der Waals surface area contributed by atoms with Crippen molar-refractivity contribution in [2.75, 3.05) is 19.7 Å². The molecule has 1 unspecified atom stereocenters. The number of aliphatic hydroxyl groups excluding tert-OH is 1. The van der Waals surface area contributed by atoms with Crippen molar-refractivity contribution < 1.29 is 13.5 Å². The molecule has 110 valence electrons. The molecule has 0 radical (unpaired) electrons. The Labute approximate surface area is 124 Å². The number of thiocarbonyl (C=S) groups is 1. The predicted molar refractivity (Wildman–Crippen MR) is 80.9 cm³/mol. The van der Waals surface area contributed by atoms with Gasteiger partial charge in [-0.1, -0.05) is 30.4 Å². The molecule has 1 aromatic rings. The van der Waals surface area contributed by atoms with Crippen molar-refractivity contribution in [1.29, 1.82) is 0 Å². The Kier molecular flexibility index (Phi) is 4.74. The molecule has 1 atom stereocenters. The standard InChI is InChI=1S/C13H18N2O3S2/c14-13(19)11-5-1-2-6-12(11)20(17,18)15-7-3-4-10(8-15)9-16/h1-2,5-6,10,16H,3-4,7-9H2,(H2,14,19). The van der Waals surface area contributed by atoms with Crippen molar-refractivity contribution in [2.24, 2.45) is 11.7 Å². The van der Waals surface area contributed by atoms with Crippen molar-refractivity contribution >= 4 is 27.2 Å². The lowest BCUT2D eigenvalue weighted by molar-refractivity contribution is 0.165. The summed E-state index contributed by atoms with van der Waals surface area (Å²) in [5, 5.41) is 9.23. The second-order valence-corrected chi connectivity index (χ2v) is 7.26. The molecule has 1 aliphatic heterocycles. The number of nitrogens with zero attached hydrogens (tertiary/aromatic N) is 1. The van der Waals surface area contributed by atoms with Gasteiger partial charge in [0, 0.05) is 25.3 Å². The molecule has 1 aromatic carbocycles. The lowest BCUT2D eigenvalue weighted by Gasteiger charge is -2.31. The van der Waals surface area contributed by atoms with E-state index in [1.54, 1.807) is 18.2 Å². The fraction of sp³-hybridized carbons (Fsp3) is 0.462. The van der Waals surface area contributed by atoms with Crippen LogP contribution in [0.1, 0.15) is 18.4 Å². The maximum atomic E-state index is 12.7. The van der Waals surface area contributed by atoms with Gasteiger partial charge in [0.2, 0.25) is 10.0 Å². The molecule has 0 bridgehead atoms. The molecule has 5 nitrogen and oxygen atoms in total. The summed E-state index contributed by atoms with van der Waals surface area (Å²) < 4.78 is 26.8. The highest BCUT2D eigenvalue weighted by atomic mass is 32.2. The molecule has 0 amide bonds.